The van der Waals surface area contributed by atoms with Crippen LogP contribution in [0.25, 0.3) is 88.6 Å². The molecule has 4 heterocycles. The number of nitrogens with zero attached hydrogens (tertiary/aromatic N) is 4. The van der Waals surface area contributed by atoms with Gasteiger partial charge in [-0.2, -0.15) is 0 Å². The average molecular weight is 751 g/mol. The first-order valence-corrected chi connectivity index (χ1v) is 20.2. The van der Waals surface area contributed by atoms with Gasteiger partial charge in [-0.05, 0) is 76.6 Å². The molecule has 0 aliphatic heterocycles. The lowest BCUT2D eigenvalue weighted by atomic mass is 9.82. The molecule has 282 valence electrons. The fourth-order valence-corrected chi connectivity index (χ4v) is 8.98. The third-order valence-corrected chi connectivity index (χ3v) is 11.7. The second-order valence-corrected chi connectivity index (χ2v) is 17.5. The SMILES string of the molecule is CC(C)(C)c1ccc(-n2c3ccccc3c3ccccc32)cc1-c1ccc(-c2ccc(-c3c(-n4c5ccccc5c5ccccc54)cccc3C(C)(C)C)nc2)cn1. The minimum absolute atomic E-state index is 0.0732. The number of aromatic nitrogens is 4. The van der Waals surface area contributed by atoms with Crippen LogP contribution in [0.5, 0.6) is 0 Å². The number of para-hydroxylation sites is 4. The predicted molar refractivity (Wildman–Crippen MR) is 244 cm³/mol. The van der Waals surface area contributed by atoms with Crippen molar-refractivity contribution >= 4 is 43.6 Å². The Labute approximate surface area is 340 Å². The van der Waals surface area contributed by atoms with Gasteiger partial charge in [-0.1, -0.05) is 145 Å². The Balaban J connectivity index is 1.05. The molecule has 0 fully saturated rings. The summed E-state index contributed by atoms with van der Waals surface area (Å²) in [6.45, 7) is 13.7. The fourth-order valence-electron chi connectivity index (χ4n) is 8.98. The van der Waals surface area contributed by atoms with Crippen molar-refractivity contribution in [1.82, 2.24) is 19.1 Å². The molecule has 4 aromatic heterocycles. The van der Waals surface area contributed by atoms with Gasteiger partial charge in [0, 0.05) is 61.9 Å². The predicted octanol–water partition coefficient (Wildman–Crippen LogP) is 14.3. The minimum atomic E-state index is -0.102. The molecule has 10 rings (SSSR count). The molecule has 0 spiro atoms. The van der Waals surface area contributed by atoms with E-state index in [1.807, 2.05) is 12.4 Å². The van der Waals surface area contributed by atoms with Gasteiger partial charge in [-0.15, -0.1) is 0 Å². The highest BCUT2D eigenvalue weighted by Gasteiger charge is 2.25. The number of pyridine rings is 2. The third-order valence-electron chi connectivity index (χ3n) is 11.7. The van der Waals surface area contributed by atoms with Crippen LogP contribution in [0.15, 0.2) is 170 Å². The Hall–Kier alpha value is -6.78. The lowest BCUT2D eigenvalue weighted by Crippen LogP contribution is -2.15. The molecule has 58 heavy (non-hydrogen) atoms. The maximum atomic E-state index is 5.20. The Morgan fingerprint density at radius 1 is 0.397 bits per heavy atom. The molecule has 4 nitrogen and oxygen atoms in total. The van der Waals surface area contributed by atoms with Gasteiger partial charge in [0.15, 0.2) is 0 Å². The number of hydrogen-bond acceptors (Lipinski definition) is 2. The molecule has 6 aromatic carbocycles. The van der Waals surface area contributed by atoms with Crippen molar-refractivity contribution in [2.75, 3.05) is 0 Å². The molecule has 0 atom stereocenters. The summed E-state index contributed by atoms with van der Waals surface area (Å²) in [5.41, 5.74) is 15.6. The maximum absolute atomic E-state index is 5.20. The van der Waals surface area contributed by atoms with Crippen molar-refractivity contribution in [3.8, 4) is 45.0 Å². The van der Waals surface area contributed by atoms with Gasteiger partial charge in [0.05, 0.1) is 39.1 Å². The van der Waals surface area contributed by atoms with Crippen LogP contribution in [0.2, 0.25) is 0 Å². The normalized spacial score (nSPS) is 12.3. The average Bonchev–Trinajstić information content (AvgIpc) is 3.76. The van der Waals surface area contributed by atoms with E-state index in [0.29, 0.717) is 0 Å². The smallest absolute Gasteiger partial charge is 0.0726 e. The van der Waals surface area contributed by atoms with Crippen molar-refractivity contribution < 1.29 is 0 Å². The molecule has 0 aliphatic rings. The van der Waals surface area contributed by atoms with Crippen molar-refractivity contribution in [1.29, 1.82) is 0 Å². The van der Waals surface area contributed by atoms with E-state index >= 15 is 0 Å². The van der Waals surface area contributed by atoms with Gasteiger partial charge < -0.3 is 9.13 Å². The maximum Gasteiger partial charge on any atom is 0.0726 e. The third kappa shape index (κ3) is 5.82. The molecular formula is C54H46N4. The van der Waals surface area contributed by atoms with E-state index < -0.39 is 0 Å². The summed E-state index contributed by atoms with van der Waals surface area (Å²) in [6, 6.07) is 57.0. The van der Waals surface area contributed by atoms with E-state index in [2.05, 4.69) is 208 Å². The van der Waals surface area contributed by atoms with Crippen LogP contribution >= 0.6 is 0 Å². The first kappa shape index (κ1) is 35.6. The van der Waals surface area contributed by atoms with E-state index in [4.69, 9.17) is 9.97 Å². The first-order valence-electron chi connectivity index (χ1n) is 20.2. The number of fused-ring (bicyclic) bond motifs is 6. The number of hydrogen-bond donors (Lipinski definition) is 0. The van der Waals surface area contributed by atoms with Gasteiger partial charge >= 0.3 is 0 Å². The van der Waals surface area contributed by atoms with E-state index in [1.165, 1.54) is 54.7 Å². The monoisotopic (exact) mass is 750 g/mol. The van der Waals surface area contributed by atoms with E-state index in [9.17, 15) is 0 Å². The largest absolute Gasteiger partial charge is 0.309 e. The van der Waals surface area contributed by atoms with Crippen LogP contribution in [0.1, 0.15) is 52.7 Å². The standard InChI is InChI=1S/C54H46N4/c1-53(2,3)43-29-28-37(57-47-21-11-7-16-38(47)39-17-8-12-22-48(39)57)32-42(43)45-30-26-35(33-55-45)36-27-31-46(56-34-36)52-44(54(4,5)6)20-15-25-51(52)58-49-23-13-9-18-40(49)41-19-10-14-24-50(41)58/h7-34H,1-6H3. The molecule has 0 saturated carbocycles. The van der Waals surface area contributed by atoms with Gasteiger partial charge in [-0.3, -0.25) is 9.97 Å². The highest BCUT2D eigenvalue weighted by atomic mass is 15.0. The van der Waals surface area contributed by atoms with Crippen LogP contribution in [0.4, 0.5) is 0 Å². The summed E-state index contributed by atoms with van der Waals surface area (Å²) < 4.78 is 4.79. The summed E-state index contributed by atoms with van der Waals surface area (Å²) in [7, 11) is 0. The summed E-state index contributed by atoms with van der Waals surface area (Å²) in [4.78, 5) is 10.3. The van der Waals surface area contributed by atoms with Crippen LogP contribution in [-0.2, 0) is 10.8 Å². The van der Waals surface area contributed by atoms with Crippen LogP contribution in [0, 0.1) is 0 Å². The van der Waals surface area contributed by atoms with Gasteiger partial charge in [-0.25, -0.2) is 0 Å². The number of benzene rings is 6. The quantitative estimate of drug-likeness (QED) is 0.176. The Kier molecular flexibility index (Phi) is 8.24. The zero-order valence-electron chi connectivity index (χ0n) is 34.0. The second kappa shape index (κ2) is 13.4. The summed E-state index contributed by atoms with van der Waals surface area (Å²) >= 11 is 0. The number of rotatable bonds is 5. The Morgan fingerprint density at radius 2 is 0.862 bits per heavy atom. The van der Waals surface area contributed by atoms with E-state index in [-0.39, 0.29) is 10.8 Å². The zero-order chi connectivity index (χ0) is 39.8. The zero-order valence-corrected chi connectivity index (χ0v) is 34.0. The molecule has 4 heteroatoms. The van der Waals surface area contributed by atoms with E-state index in [0.717, 1.165) is 45.0 Å². The van der Waals surface area contributed by atoms with Crippen molar-refractivity contribution in [2.24, 2.45) is 0 Å². The molecule has 0 N–H and O–H groups in total. The van der Waals surface area contributed by atoms with Crippen molar-refractivity contribution in [2.45, 2.75) is 52.4 Å². The van der Waals surface area contributed by atoms with Gasteiger partial charge in [0.2, 0.25) is 0 Å². The molecule has 0 bridgehead atoms. The minimum Gasteiger partial charge on any atom is -0.309 e. The topological polar surface area (TPSA) is 35.6 Å². The van der Waals surface area contributed by atoms with Crippen molar-refractivity contribution in [3.05, 3.63) is 181 Å². The van der Waals surface area contributed by atoms with Crippen LogP contribution in [-0.4, -0.2) is 19.1 Å². The molecule has 0 saturated heterocycles. The van der Waals surface area contributed by atoms with E-state index in [1.54, 1.807) is 0 Å². The molecule has 0 aliphatic carbocycles. The fraction of sp³-hybridized carbons (Fsp3) is 0.148. The highest BCUT2D eigenvalue weighted by Crippen LogP contribution is 2.42. The molecule has 10 aromatic rings. The summed E-state index contributed by atoms with van der Waals surface area (Å²) in [5.74, 6) is 0. The summed E-state index contributed by atoms with van der Waals surface area (Å²) in [6.07, 6.45) is 4.00. The summed E-state index contributed by atoms with van der Waals surface area (Å²) in [5, 5.41) is 5.01. The molecule has 0 unspecified atom stereocenters. The van der Waals surface area contributed by atoms with Crippen LogP contribution in [0.3, 0.4) is 0 Å². The Morgan fingerprint density at radius 3 is 1.33 bits per heavy atom. The van der Waals surface area contributed by atoms with Crippen molar-refractivity contribution in [3.63, 3.8) is 0 Å². The van der Waals surface area contributed by atoms with Gasteiger partial charge in [0.1, 0.15) is 0 Å². The Bertz CT molecular complexity index is 3060. The lowest BCUT2D eigenvalue weighted by Gasteiger charge is -2.26. The molecule has 0 radical (unpaired) electrons. The second-order valence-electron chi connectivity index (χ2n) is 17.5. The molecular weight excluding hydrogens is 705 g/mol. The highest BCUT2D eigenvalue weighted by molar-refractivity contribution is 6.10. The van der Waals surface area contributed by atoms with Gasteiger partial charge in [0.25, 0.3) is 0 Å². The van der Waals surface area contributed by atoms with Crippen LogP contribution < -0.4 is 0 Å². The first-order chi connectivity index (χ1) is 28.1. The lowest BCUT2D eigenvalue weighted by molar-refractivity contribution is 0.591. The molecule has 0 amide bonds.